The maximum absolute atomic E-state index is 12.8. The summed E-state index contributed by atoms with van der Waals surface area (Å²) in [5.74, 6) is 0.602. The molecule has 5 nitrogen and oxygen atoms in total. The summed E-state index contributed by atoms with van der Waals surface area (Å²) < 4.78 is 3.96. The van der Waals surface area contributed by atoms with Gasteiger partial charge in [0, 0.05) is 15.4 Å². The molecule has 4 rings (SSSR count). The van der Waals surface area contributed by atoms with Crippen LogP contribution in [-0.2, 0) is 0 Å². The number of halogens is 1. The number of rotatable bonds is 3. The zero-order valence-corrected chi connectivity index (χ0v) is 15.7. The number of nitrogens with zero attached hydrogens (tertiary/aromatic N) is 4. The van der Waals surface area contributed by atoms with E-state index in [1.54, 1.807) is 4.57 Å². The molecule has 0 fully saturated rings. The standard InChI is InChI=1S/C18H13BrN4OS/c1-12-21-23(15-5-3-2-4-6-15)18(24)22(12)17-20-16(11-25-17)13-7-9-14(19)10-8-13/h2-11H,1H3. The van der Waals surface area contributed by atoms with Gasteiger partial charge in [-0.1, -0.05) is 46.3 Å². The Kier molecular flexibility index (Phi) is 4.10. The van der Waals surface area contributed by atoms with E-state index >= 15 is 0 Å². The third kappa shape index (κ3) is 2.96. The van der Waals surface area contributed by atoms with Crippen molar-refractivity contribution in [2.45, 2.75) is 6.92 Å². The van der Waals surface area contributed by atoms with Crippen molar-refractivity contribution in [3.63, 3.8) is 0 Å². The van der Waals surface area contributed by atoms with Crippen molar-refractivity contribution >= 4 is 27.3 Å². The molecule has 0 aliphatic rings. The van der Waals surface area contributed by atoms with Crippen molar-refractivity contribution < 1.29 is 0 Å². The molecule has 7 heteroatoms. The van der Waals surface area contributed by atoms with E-state index in [4.69, 9.17) is 0 Å². The first-order chi connectivity index (χ1) is 12.1. The summed E-state index contributed by atoms with van der Waals surface area (Å²) in [4.78, 5) is 17.4. The lowest BCUT2D eigenvalue weighted by Gasteiger charge is -1.98. The van der Waals surface area contributed by atoms with E-state index < -0.39 is 0 Å². The zero-order valence-electron chi connectivity index (χ0n) is 13.3. The van der Waals surface area contributed by atoms with E-state index in [-0.39, 0.29) is 5.69 Å². The lowest BCUT2D eigenvalue weighted by molar-refractivity contribution is 0.826. The van der Waals surface area contributed by atoms with Crippen LogP contribution < -0.4 is 5.69 Å². The second-order valence-electron chi connectivity index (χ2n) is 5.43. The van der Waals surface area contributed by atoms with E-state index in [9.17, 15) is 4.79 Å². The van der Waals surface area contributed by atoms with Crippen molar-refractivity contribution in [1.29, 1.82) is 0 Å². The fraction of sp³-hybridized carbons (Fsp3) is 0.0556. The van der Waals surface area contributed by atoms with E-state index in [1.807, 2.05) is 66.9 Å². The summed E-state index contributed by atoms with van der Waals surface area (Å²) in [7, 11) is 0. The molecule has 4 aromatic rings. The van der Waals surface area contributed by atoms with Gasteiger partial charge in [-0.05, 0) is 31.2 Å². The smallest absolute Gasteiger partial charge is 0.245 e. The van der Waals surface area contributed by atoms with E-state index in [2.05, 4.69) is 26.0 Å². The van der Waals surface area contributed by atoms with Gasteiger partial charge in [0.05, 0.1) is 11.4 Å². The zero-order chi connectivity index (χ0) is 17.4. The third-order valence-electron chi connectivity index (χ3n) is 3.76. The van der Waals surface area contributed by atoms with Crippen LogP contribution in [0.4, 0.5) is 0 Å². The molecule has 124 valence electrons. The maximum Gasteiger partial charge on any atom is 0.357 e. The predicted molar refractivity (Wildman–Crippen MR) is 103 cm³/mol. The van der Waals surface area contributed by atoms with Gasteiger partial charge in [-0.2, -0.15) is 4.68 Å². The molecule has 0 aliphatic carbocycles. The number of benzene rings is 2. The van der Waals surface area contributed by atoms with Crippen LogP contribution in [0, 0.1) is 6.92 Å². The molecule has 2 aromatic heterocycles. The van der Waals surface area contributed by atoms with Gasteiger partial charge in [-0.15, -0.1) is 16.4 Å². The Morgan fingerprint density at radius 3 is 2.48 bits per heavy atom. The Balaban J connectivity index is 1.78. The molecule has 0 aliphatic heterocycles. The highest BCUT2D eigenvalue weighted by molar-refractivity contribution is 9.10. The van der Waals surface area contributed by atoms with Gasteiger partial charge in [0.15, 0.2) is 5.13 Å². The topological polar surface area (TPSA) is 52.7 Å². The number of aromatic nitrogens is 4. The largest absolute Gasteiger partial charge is 0.357 e. The van der Waals surface area contributed by atoms with Crippen LogP contribution in [0.3, 0.4) is 0 Å². The summed E-state index contributed by atoms with van der Waals surface area (Å²) in [5, 5.41) is 6.94. The summed E-state index contributed by atoms with van der Waals surface area (Å²) >= 11 is 4.85. The van der Waals surface area contributed by atoms with Crippen LogP contribution in [0.25, 0.3) is 22.1 Å². The first-order valence-electron chi connectivity index (χ1n) is 7.59. The molecule has 0 radical (unpaired) electrons. The molecular formula is C18H13BrN4OS. The van der Waals surface area contributed by atoms with Crippen molar-refractivity contribution in [1.82, 2.24) is 19.3 Å². The molecule has 2 aromatic carbocycles. The van der Waals surface area contributed by atoms with Crippen molar-refractivity contribution in [3.8, 4) is 22.1 Å². The highest BCUT2D eigenvalue weighted by atomic mass is 79.9. The molecule has 0 N–H and O–H groups in total. The summed E-state index contributed by atoms with van der Waals surface area (Å²) in [5.41, 5.74) is 2.36. The van der Waals surface area contributed by atoms with E-state index in [1.165, 1.54) is 16.0 Å². The number of hydrogen-bond donors (Lipinski definition) is 0. The maximum atomic E-state index is 12.8. The molecule has 0 unspecified atom stereocenters. The van der Waals surface area contributed by atoms with Crippen LogP contribution in [0.1, 0.15) is 5.82 Å². The molecule has 0 atom stereocenters. The van der Waals surface area contributed by atoms with Crippen LogP contribution in [0.5, 0.6) is 0 Å². The van der Waals surface area contributed by atoms with Crippen LogP contribution in [0.2, 0.25) is 0 Å². The van der Waals surface area contributed by atoms with Crippen LogP contribution in [0.15, 0.2) is 69.2 Å². The van der Waals surface area contributed by atoms with Gasteiger partial charge in [0.25, 0.3) is 0 Å². The minimum Gasteiger partial charge on any atom is -0.245 e. The van der Waals surface area contributed by atoms with Crippen molar-refractivity contribution in [3.05, 3.63) is 80.8 Å². The fourth-order valence-electron chi connectivity index (χ4n) is 2.54. The molecule has 25 heavy (non-hydrogen) atoms. The summed E-state index contributed by atoms with van der Waals surface area (Å²) in [6, 6.07) is 17.3. The minimum absolute atomic E-state index is 0.222. The molecule has 0 bridgehead atoms. The highest BCUT2D eigenvalue weighted by Gasteiger charge is 2.16. The van der Waals surface area contributed by atoms with Gasteiger partial charge in [-0.25, -0.2) is 14.3 Å². The first-order valence-corrected chi connectivity index (χ1v) is 9.27. The second kappa shape index (κ2) is 6.42. The lowest BCUT2D eigenvalue weighted by Crippen LogP contribution is -2.22. The van der Waals surface area contributed by atoms with Gasteiger partial charge in [0.1, 0.15) is 5.82 Å². The van der Waals surface area contributed by atoms with Crippen LogP contribution in [-0.4, -0.2) is 19.3 Å². The second-order valence-corrected chi connectivity index (χ2v) is 7.19. The van der Waals surface area contributed by atoms with Gasteiger partial charge in [0.2, 0.25) is 0 Å². The molecule has 0 saturated carbocycles. The summed E-state index contributed by atoms with van der Waals surface area (Å²) in [6.07, 6.45) is 0. The Morgan fingerprint density at radius 2 is 1.76 bits per heavy atom. The molecular weight excluding hydrogens is 400 g/mol. The average molecular weight is 413 g/mol. The lowest BCUT2D eigenvalue weighted by atomic mass is 10.2. The monoisotopic (exact) mass is 412 g/mol. The Labute approximate surface area is 156 Å². The van der Waals surface area contributed by atoms with Gasteiger partial charge >= 0.3 is 5.69 Å². The van der Waals surface area contributed by atoms with Gasteiger partial charge in [-0.3, -0.25) is 0 Å². The Hall–Kier alpha value is -2.51. The van der Waals surface area contributed by atoms with E-state index in [0.717, 1.165) is 21.4 Å². The van der Waals surface area contributed by atoms with Gasteiger partial charge < -0.3 is 0 Å². The average Bonchev–Trinajstić information content (AvgIpc) is 3.21. The fourth-order valence-corrected chi connectivity index (χ4v) is 3.68. The highest BCUT2D eigenvalue weighted by Crippen LogP contribution is 2.25. The van der Waals surface area contributed by atoms with Crippen molar-refractivity contribution in [2.75, 3.05) is 0 Å². The Bertz CT molecular complexity index is 1080. The predicted octanol–water partition coefficient (Wildman–Crippen LogP) is 4.22. The number of thiazole rings is 1. The molecule has 0 spiro atoms. The van der Waals surface area contributed by atoms with E-state index in [0.29, 0.717) is 11.0 Å². The quantitative estimate of drug-likeness (QED) is 0.506. The molecule has 0 saturated heterocycles. The number of hydrogen-bond acceptors (Lipinski definition) is 4. The number of aryl methyl sites for hydroxylation is 1. The van der Waals surface area contributed by atoms with Crippen molar-refractivity contribution in [2.24, 2.45) is 0 Å². The number of para-hydroxylation sites is 1. The molecule has 2 heterocycles. The minimum atomic E-state index is -0.222. The Morgan fingerprint density at radius 1 is 1.04 bits per heavy atom. The summed E-state index contributed by atoms with van der Waals surface area (Å²) in [6.45, 7) is 1.81. The first kappa shape index (κ1) is 16.0. The third-order valence-corrected chi connectivity index (χ3v) is 5.12. The van der Waals surface area contributed by atoms with Crippen LogP contribution >= 0.6 is 27.3 Å². The normalized spacial score (nSPS) is 11.0. The SMILES string of the molecule is Cc1nn(-c2ccccc2)c(=O)n1-c1nc(-c2ccc(Br)cc2)cs1. The molecule has 0 amide bonds.